The molecule has 13 heteroatoms. The fraction of sp³-hybridized carbons (Fsp3) is 0.464. The molecule has 5 heterocycles. The summed E-state index contributed by atoms with van der Waals surface area (Å²) in [4.78, 5) is 50.9. The maximum absolute atomic E-state index is 14.5. The first-order valence-electron chi connectivity index (χ1n) is 13.8. The summed E-state index contributed by atoms with van der Waals surface area (Å²) in [5, 5.41) is 10.6. The number of benzene rings is 1. The van der Waals surface area contributed by atoms with E-state index in [9.17, 15) is 18.8 Å². The Kier molecular flexibility index (Phi) is 7.62. The van der Waals surface area contributed by atoms with Gasteiger partial charge in [-0.25, -0.2) is 9.37 Å². The minimum Gasteiger partial charge on any atom is -0.379 e. The number of rotatable bonds is 7. The molecule has 0 bridgehead atoms. The lowest BCUT2D eigenvalue weighted by atomic mass is 9.73. The highest BCUT2D eigenvalue weighted by atomic mass is 35.5. The van der Waals surface area contributed by atoms with Crippen molar-refractivity contribution in [1.82, 2.24) is 30.3 Å². The Bertz CT molecular complexity index is 1470. The van der Waals surface area contributed by atoms with Crippen molar-refractivity contribution in [3.05, 3.63) is 52.8 Å². The lowest BCUT2D eigenvalue weighted by Crippen LogP contribution is -2.58. The number of morpholine rings is 1. The van der Waals surface area contributed by atoms with Crippen LogP contribution in [0.2, 0.25) is 5.02 Å². The van der Waals surface area contributed by atoms with Crippen LogP contribution in [-0.4, -0.2) is 108 Å². The van der Waals surface area contributed by atoms with Gasteiger partial charge in [0.1, 0.15) is 12.7 Å². The van der Waals surface area contributed by atoms with Crippen molar-refractivity contribution >= 4 is 46.0 Å². The second kappa shape index (κ2) is 11.3. The molecule has 216 valence electrons. The Morgan fingerprint density at radius 3 is 2.71 bits per heavy atom. The molecule has 1 unspecified atom stereocenters. The number of carbonyl (C=O) groups is 3. The van der Waals surface area contributed by atoms with Gasteiger partial charge >= 0.3 is 0 Å². The fourth-order valence-corrected chi connectivity index (χ4v) is 6.58. The van der Waals surface area contributed by atoms with Crippen molar-refractivity contribution in [2.75, 3.05) is 64.1 Å². The Balaban J connectivity index is 1.29. The number of hydrogen-bond acceptors (Lipinski definition) is 7. The summed E-state index contributed by atoms with van der Waals surface area (Å²) < 4.78 is 18.5. The van der Waals surface area contributed by atoms with Crippen LogP contribution in [-0.2, 0) is 19.7 Å². The van der Waals surface area contributed by atoms with Crippen LogP contribution in [0, 0.1) is 0 Å². The number of hydrogen-bond donors (Lipinski definition) is 2. The molecule has 0 radical (unpaired) electrons. The number of amides is 3. The topological polar surface area (TPSA) is 124 Å². The average Bonchev–Trinajstić information content (AvgIpc) is 3.56. The molecule has 1 atom stereocenters. The Labute approximate surface area is 241 Å². The van der Waals surface area contributed by atoms with E-state index >= 15 is 0 Å². The fourth-order valence-electron chi connectivity index (χ4n) is 6.23. The van der Waals surface area contributed by atoms with E-state index < -0.39 is 24.0 Å². The predicted molar refractivity (Wildman–Crippen MR) is 150 cm³/mol. The quantitative estimate of drug-likeness (QED) is 0.435. The van der Waals surface area contributed by atoms with E-state index in [0.717, 1.165) is 5.39 Å². The molecule has 2 saturated heterocycles. The summed E-state index contributed by atoms with van der Waals surface area (Å²) in [6.45, 7) is 2.41. The molecular formula is C28H31ClFN7O4. The van der Waals surface area contributed by atoms with E-state index in [1.807, 2.05) is 6.07 Å². The molecule has 1 spiro atoms. The van der Waals surface area contributed by atoms with E-state index in [1.54, 1.807) is 34.2 Å². The second-order valence-electron chi connectivity index (χ2n) is 10.6. The number of nitrogens with one attached hydrogen (secondary N) is 2. The largest absolute Gasteiger partial charge is 0.379 e. The molecule has 3 aromatic rings. The average molecular weight is 584 g/mol. The molecule has 41 heavy (non-hydrogen) atoms. The lowest BCUT2D eigenvalue weighted by Gasteiger charge is -2.40. The number of fused-ring (bicyclic) bond motifs is 3. The molecule has 0 aliphatic carbocycles. The number of carbonyl (C=O) groups excluding carboxylic acids is 3. The molecule has 2 fully saturated rings. The number of anilines is 1. The minimum absolute atomic E-state index is 0.134. The molecule has 11 nitrogen and oxygen atoms in total. The normalized spacial score (nSPS) is 19.5. The highest BCUT2D eigenvalue weighted by Crippen LogP contribution is 2.51. The molecule has 3 amide bonds. The number of H-pyrrole nitrogens is 1. The molecule has 3 aliphatic heterocycles. The standard InChI is InChI=1S/C28H31ClFN7O4/c29-20-2-1-3-21-23(20)28(4-8-36(9-5-28)26(39)19-14-18-16-33-34-24(18)32-15-19)27(40)37(21)22(25(38)31-7-6-30)17-35-10-12-41-13-11-35/h1-3,14-16,22H,4-13,17H2,(H,31,38)(H,32,33,34). The van der Waals surface area contributed by atoms with E-state index in [-0.39, 0.29) is 24.9 Å². The van der Waals surface area contributed by atoms with Gasteiger partial charge in [0.15, 0.2) is 5.65 Å². The Morgan fingerprint density at radius 2 is 1.95 bits per heavy atom. The van der Waals surface area contributed by atoms with Gasteiger partial charge in [0, 0.05) is 61.4 Å². The van der Waals surface area contributed by atoms with Gasteiger partial charge in [-0.15, -0.1) is 0 Å². The van der Waals surface area contributed by atoms with Crippen molar-refractivity contribution in [3.8, 4) is 0 Å². The van der Waals surface area contributed by atoms with Crippen molar-refractivity contribution < 1.29 is 23.5 Å². The van der Waals surface area contributed by atoms with Crippen LogP contribution >= 0.6 is 11.6 Å². The first kappa shape index (κ1) is 27.6. The maximum atomic E-state index is 14.5. The summed E-state index contributed by atoms with van der Waals surface area (Å²) in [5.74, 6) is -0.809. The first-order valence-corrected chi connectivity index (χ1v) is 14.2. The molecule has 6 rings (SSSR count). The number of aromatic amines is 1. The predicted octanol–water partition coefficient (Wildman–Crippen LogP) is 1.92. The number of piperidine rings is 1. The molecule has 2 N–H and O–H groups in total. The number of halogens is 2. The van der Waals surface area contributed by atoms with E-state index in [1.165, 1.54) is 6.20 Å². The zero-order valence-corrected chi connectivity index (χ0v) is 23.2. The zero-order valence-electron chi connectivity index (χ0n) is 22.4. The SMILES string of the molecule is O=C(NCCF)C(CN1CCOCC1)N1C(=O)C2(CCN(C(=O)c3cnc4[nH]ncc4c3)CC2)c2c(Cl)cccc21. The first-order chi connectivity index (χ1) is 19.9. The maximum Gasteiger partial charge on any atom is 0.255 e. The van der Waals surface area contributed by atoms with Gasteiger partial charge in [-0.2, -0.15) is 5.10 Å². The van der Waals surface area contributed by atoms with E-state index in [4.69, 9.17) is 16.3 Å². The van der Waals surface area contributed by atoms with Crippen molar-refractivity contribution in [3.63, 3.8) is 0 Å². The van der Waals surface area contributed by atoms with Gasteiger partial charge in [-0.3, -0.25) is 29.3 Å². The monoisotopic (exact) mass is 583 g/mol. The number of nitrogens with zero attached hydrogens (tertiary/aromatic N) is 5. The third-order valence-electron chi connectivity index (χ3n) is 8.34. The van der Waals surface area contributed by atoms with Gasteiger partial charge in [0.2, 0.25) is 11.8 Å². The molecule has 2 aromatic heterocycles. The number of likely N-dealkylation sites (tertiary alicyclic amines) is 1. The van der Waals surface area contributed by atoms with Crippen LogP contribution in [0.4, 0.5) is 10.1 Å². The Morgan fingerprint density at radius 1 is 1.17 bits per heavy atom. The highest BCUT2D eigenvalue weighted by molar-refractivity contribution is 6.33. The summed E-state index contributed by atoms with van der Waals surface area (Å²) in [5.41, 5.74) is 1.34. The van der Waals surface area contributed by atoms with Gasteiger partial charge in [-0.05, 0) is 31.0 Å². The van der Waals surface area contributed by atoms with E-state index in [2.05, 4.69) is 25.4 Å². The van der Waals surface area contributed by atoms with Crippen LogP contribution in [0.5, 0.6) is 0 Å². The third-order valence-corrected chi connectivity index (χ3v) is 8.66. The van der Waals surface area contributed by atoms with Gasteiger partial charge in [-0.1, -0.05) is 17.7 Å². The second-order valence-corrected chi connectivity index (χ2v) is 11.0. The van der Waals surface area contributed by atoms with Crippen molar-refractivity contribution in [1.29, 1.82) is 0 Å². The Hall–Kier alpha value is -3.61. The van der Waals surface area contributed by atoms with Gasteiger partial charge in [0.05, 0.1) is 36.1 Å². The van der Waals surface area contributed by atoms with Crippen molar-refractivity contribution in [2.24, 2.45) is 0 Å². The molecule has 3 aliphatic rings. The molecular weight excluding hydrogens is 553 g/mol. The summed E-state index contributed by atoms with van der Waals surface area (Å²) >= 11 is 6.77. The molecule has 0 saturated carbocycles. The van der Waals surface area contributed by atoms with Crippen LogP contribution in [0.25, 0.3) is 11.0 Å². The highest BCUT2D eigenvalue weighted by Gasteiger charge is 2.56. The lowest BCUT2D eigenvalue weighted by molar-refractivity contribution is -0.130. The summed E-state index contributed by atoms with van der Waals surface area (Å²) in [6, 6.07) is 6.20. The van der Waals surface area contributed by atoms with Crippen LogP contribution in [0.3, 0.4) is 0 Å². The zero-order chi connectivity index (χ0) is 28.6. The van der Waals surface area contributed by atoms with Crippen molar-refractivity contribution in [2.45, 2.75) is 24.3 Å². The minimum atomic E-state index is -0.985. The van der Waals surface area contributed by atoms with E-state index in [0.29, 0.717) is 79.7 Å². The number of ether oxygens (including phenoxy) is 1. The van der Waals surface area contributed by atoms with Gasteiger partial charge in [0.25, 0.3) is 5.91 Å². The van der Waals surface area contributed by atoms with Gasteiger partial charge < -0.3 is 15.0 Å². The third kappa shape index (κ3) is 4.93. The summed E-state index contributed by atoms with van der Waals surface area (Å²) in [6.07, 6.45) is 3.84. The van der Waals surface area contributed by atoms with Crippen LogP contribution < -0.4 is 10.2 Å². The summed E-state index contributed by atoms with van der Waals surface area (Å²) in [7, 11) is 0. The smallest absolute Gasteiger partial charge is 0.255 e. The van der Waals surface area contributed by atoms with Crippen LogP contribution in [0.1, 0.15) is 28.8 Å². The molecule has 1 aromatic carbocycles. The van der Waals surface area contributed by atoms with Crippen LogP contribution in [0.15, 0.2) is 36.7 Å². The number of aromatic nitrogens is 3. The number of pyridine rings is 1. The number of alkyl halides is 1.